The zero-order valence-corrected chi connectivity index (χ0v) is 9.23. The highest BCUT2D eigenvalue weighted by Crippen LogP contribution is 2.18. The van der Waals surface area contributed by atoms with E-state index in [1.54, 1.807) is 12.1 Å². The molecular formula is C13H14O3. The summed E-state index contributed by atoms with van der Waals surface area (Å²) in [4.78, 5) is 23.1. The van der Waals surface area contributed by atoms with Crippen LogP contribution < -0.4 is 0 Å². The minimum atomic E-state index is -0.580. The van der Waals surface area contributed by atoms with Crippen molar-refractivity contribution in [2.75, 3.05) is 0 Å². The van der Waals surface area contributed by atoms with Gasteiger partial charge in [0.2, 0.25) is 5.78 Å². The van der Waals surface area contributed by atoms with Gasteiger partial charge in [0.1, 0.15) is 0 Å². The molecule has 1 saturated heterocycles. The summed E-state index contributed by atoms with van der Waals surface area (Å²) in [7, 11) is 0. The molecule has 3 heteroatoms. The quantitative estimate of drug-likeness (QED) is 0.565. The predicted octanol–water partition coefficient (Wildman–Crippen LogP) is 2.27. The van der Waals surface area contributed by atoms with Crippen LogP contribution >= 0.6 is 0 Å². The Bertz CT molecular complexity index is 406. The van der Waals surface area contributed by atoms with E-state index >= 15 is 0 Å². The van der Waals surface area contributed by atoms with Crippen molar-refractivity contribution in [2.45, 2.75) is 32.3 Å². The van der Waals surface area contributed by atoms with Gasteiger partial charge >= 0.3 is 5.97 Å². The van der Waals surface area contributed by atoms with Gasteiger partial charge < -0.3 is 4.74 Å². The van der Waals surface area contributed by atoms with Crippen molar-refractivity contribution in [3.8, 4) is 0 Å². The van der Waals surface area contributed by atoms with E-state index in [1.165, 1.54) is 0 Å². The molecule has 0 bridgehead atoms. The lowest BCUT2D eigenvalue weighted by atomic mass is 9.99. The van der Waals surface area contributed by atoms with Gasteiger partial charge in [-0.25, -0.2) is 0 Å². The highest BCUT2D eigenvalue weighted by atomic mass is 16.5. The number of carbonyl (C=O) groups is 2. The van der Waals surface area contributed by atoms with E-state index in [-0.39, 0.29) is 11.8 Å². The largest absolute Gasteiger partial charge is 0.454 e. The lowest BCUT2D eigenvalue weighted by Gasteiger charge is -2.20. The molecule has 3 nitrogen and oxygen atoms in total. The lowest BCUT2D eigenvalue weighted by molar-refractivity contribution is -0.150. The molecule has 1 aliphatic rings. The Labute approximate surface area is 94.4 Å². The van der Waals surface area contributed by atoms with E-state index in [2.05, 4.69) is 0 Å². The van der Waals surface area contributed by atoms with Crippen LogP contribution in [-0.2, 0) is 9.53 Å². The zero-order valence-electron chi connectivity index (χ0n) is 9.23. The number of hydrogen-bond donors (Lipinski definition) is 0. The van der Waals surface area contributed by atoms with E-state index in [1.807, 2.05) is 19.1 Å². The maximum Gasteiger partial charge on any atom is 0.306 e. The topological polar surface area (TPSA) is 43.4 Å². The summed E-state index contributed by atoms with van der Waals surface area (Å²) < 4.78 is 5.04. The van der Waals surface area contributed by atoms with Gasteiger partial charge in [0.15, 0.2) is 6.10 Å². The van der Waals surface area contributed by atoms with Crippen molar-refractivity contribution >= 4 is 11.8 Å². The summed E-state index contributed by atoms with van der Waals surface area (Å²) in [6.07, 6.45) is 1.22. The first-order valence-electron chi connectivity index (χ1n) is 5.47. The first-order chi connectivity index (χ1) is 7.66. The van der Waals surface area contributed by atoms with Crippen LogP contribution in [0.25, 0.3) is 0 Å². The van der Waals surface area contributed by atoms with E-state index < -0.39 is 6.10 Å². The zero-order chi connectivity index (χ0) is 11.5. The van der Waals surface area contributed by atoms with Crippen LogP contribution in [-0.4, -0.2) is 17.9 Å². The molecule has 1 heterocycles. The summed E-state index contributed by atoms with van der Waals surface area (Å²) in [5, 5.41) is 0. The van der Waals surface area contributed by atoms with Crippen molar-refractivity contribution in [3.63, 3.8) is 0 Å². The summed E-state index contributed by atoms with van der Waals surface area (Å²) in [5.41, 5.74) is 1.72. The molecule has 0 aliphatic carbocycles. The van der Waals surface area contributed by atoms with Crippen LogP contribution in [0.3, 0.4) is 0 Å². The molecule has 16 heavy (non-hydrogen) atoms. The second-order valence-corrected chi connectivity index (χ2v) is 4.10. The third kappa shape index (κ3) is 2.30. The van der Waals surface area contributed by atoms with E-state index in [4.69, 9.17) is 4.74 Å². The number of rotatable bonds is 2. The number of carbonyl (C=O) groups excluding carboxylic acids is 2. The van der Waals surface area contributed by atoms with Crippen LogP contribution in [0.15, 0.2) is 24.3 Å². The van der Waals surface area contributed by atoms with E-state index in [9.17, 15) is 9.59 Å². The third-order valence-corrected chi connectivity index (χ3v) is 2.75. The Balaban J connectivity index is 2.12. The molecule has 0 spiro atoms. The van der Waals surface area contributed by atoms with Crippen molar-refractivity contribution in [1.29, 1.82) is 0 Å². The first kappa shape index (κ1) is 10.9. The molecule has 0 amide bonds. The molecule has 1 aromatic carbocycles. The highest BCUT2D eigenvalue weighted by molar-refractivity contribution is 6.00. The average Bonchev–Trinajstić information content (AvgIpc) is 2.29. The van der Waals surface area contributed by atoms with Gasteiger partial charge in [0.05, 0.1) is 0 Å². The van der Waals surface area contributed by atoms with Gasteiger partial charge in [-0.2, -0.15) is 0 Å². The molecule has 1 unspecified atom stereocenters. The number of esters is 1. The normalized spacial score (nSPS) is 20.3. The maximum atomic E-state index is 12.0. The van der Waals surface area contributed by atoms with Gasteiger partial charge in [-0.05, 0) is 19.8 Å². The van der Waals surface area contributed by atoms with Crippen molar-refractivity contribution in [2.24, 2.45) is 0 Å². The fourth-order valence-electron chi connectivity index (χ4n) is 1.80. The summed E-state index contributed by atoms with van der Waals surface area (Å²) in [6, 6.07) is 7.33. The Kier molecular flexibility index (Phi) is 3.04. The van der Waals surface area contributed by atoms with Crippen LogP contribution in [0.4, 0.5) is 0 Å². The molecule has 1 fully saturated rings. The number of Topliss-reactive ketones (excluding diaryl/α,β-unsaturated/α-hetero) is 1. The smallest absolute Gasteiger partial charge is 0.306 e. The standard InChI is InChI=1S/C13H14O3/c1-9-5-7-10(8-6-9)13(15)11-3-2-4-12(14)16-11/h5-8,11H,2-4H2,1H3. The maximum absolute atomic E-state index is 12.0. The highest BCUT2D eigenvalue weighted by Gasteiger charge is 2.27. The van der Waals surface area contributed by atoms with Crippen LogP contribution in [0, 0.1) is 6.92 Å². The number of hydrogen-bond acceptors (Lipinski definition) is 3. The van der Waals surface area contributed by atoms with Gasteiger partial charge in [-0.1, -0.05) is 29.8 Å². The lowest BCUT2D eigenvalue weighted by Crippen LogP contribution is -2.31. The molecule has 0 aromatic heterocycles. The molecular weight excluding hydrogens is 204 g/mol. The monoisotopic (exact) mass is 218 g/mol. The Morgan fingerprint density at radius 2 is 2.00 bits per heavy atom. The molecule has 0 radical (unpaired) electrons. The predicted molar refractivity (Wildman–Crippen MR) is 59.2 cm³/mol. The number of ether oxygens (including phenoxy) is 1. The Hall–Kier alpha value is -1.64. The van der Waals surface area contributed by atoms with Gasteiger partial charge in [-0.3, -0.25) is 9.59 Å². The molecule has 1 aromatic rings. The van der Waals surface area contributed by atoms with Gasteiger partial charge in [0, 0.05) is 12.0 Å². The number of aryl methyl sites for hydroxylation is 1. The Morgan fingerprint density at radius 1 is 1.31 bits per heavy atom. The molecule has 0 N–H and O–H groups in total. The molecule has 1 aliphatic heterocycles. The fraction of sp³-hybridized carbons (Fsp3) is 0.385. The van der Waals surface area contributed by atoms with E-state index in [0.29, 0.717) is 18.4 Å². The van der Waals surface area contributed by atoms with Crippen LogP contribution in [0.2, 0.25) is 0 Å². The second kappa shape index (κ2) is 4.47. The van der Waals surface area contributed by atoms with Gasteiger partial charge in [0.25, 0.3) is 0 Å². The molecule has 84 valence electrons. The third-order valence-electron chi connectivity index (χ3n) is 2.75. The first-order valence-corrected chi connectivity index (χ1v) is 5.47. The van der Waals surface area contributed by atoms with Crippen molar-refractivity contribution < 1.29 is 14.3 Å². The number of cyclic esters (lactones) is 1. The number of ketones is 1. The minimum absolute atomic E-state index is 0.0898. The SMILES string of the molecule is Cc1ccc(C(=O)C2CCCC(=O)O2)cc1. The summed E-state index contributed by atoms with van der Waals surface area (Å²) in [6.45, 7) is 1.97. The minimum Gasteiger partial charge on any atom is -0.454 e. The average molecular weight is 218 g/mol. The number of benzene rings is 1. The fourth-order valence-corrected chi connectivity index (χ4v) is 1.80. The summed E-state index contributed by atoms with van der Waals surface area (Å²) >= 11 is 0. The second-order valence-electron chi connectivity index (χ2n) is 4.10. The van der Waals surface area contributed by atoms with Crippen molar-refractivity contribution in [3.05, 3.63) is 35.4 Å². The van der Waals surface area contributed by atoms with Crippen molar-refractivity contribution in [1.82, 2.24) is 0 Å². The van der Waals surface area contributed by atoms with Crippen LogP contribution in [0.5, 0.6) is 0 Å². The Morgan fingerprint density at radius 3 is 2.62 bits per heavy atom. The summed E-state index contributed by atoms with van der Waals surface area (Å²) in [5.74, 6) is -0.357. The molecule has 2 rings (SSSR count). The molecule has 0 saturated carbocycles. The molecule has 1 atom stereocenters. The van der Waals surface area contributed by atoms with E-state index in [0.717, 1.165) is 12.0 Å². The van der Waals surface area contributed by atoms with Gasteiger partial charge in [-0.15, -0.1) is 0 Å². The van der Waals surface area contributed by atoms with Crippen LogP contribution in [0.1, 0.15) is 35.2 Å².